The minimum absolute atomic E-state index is 0.0723. The zero-order chi connectivity index (χ0) is 24.6. The lowest BCUT2D eigenvalue weighted by atomic mass is 9.99. The van der Waals surface area contributed by atoms with Gasteiger partial charge in [-0.3, -0.25) is 20.4 Å². The van der Waals surface area contributed by atoms with Gasteiger partial charge in [-0.15, -0.1) is 0 Å². The van der Waals surface area contributed by atoms with E-state index >= 15 is 0 Å². The number of halogens is 1. The van der Waals surface area contributed by atoms with Gasteiger partial charge in [-0.2, -0.15) is 0 Å². The Morgan fingerprint density at radius 3 is 2.80 bits per heavy atom. The highest BCUT2D eigenvalue weighted by atomic mass is 19.1. The maximum absolute atomic E-state index is 13.5. The van der Waals surface area contributed by atoms with Crippen LogP contribution in [0.2, 0.25) is 0 Å². The molecule has 2 aromatic carbocycles. The van der Waals surface area contributed by atoms with Crippen molar-refractivity contribution in [3.05, 3.63) is 84.1 Å². The van der Waals surface area contributed by atoms with E-state index in [0.717, 1.165) is 24.8 Å². The second-order valence-corrected chi connectivity index (χ2v) is 8.53. The standard InChI is InChI=1S/C26H29FN4O4/c1-31(12-4-9-21-16-23(30-29-21)18-6-2-7-19(27)14-18)25(32)17-35-22-10-3-8-20(15-22)28-26(33)24-11-5-13-34-24/h2-3,5-8,10-11,13-15,21,23,29-30H,4,9,12,16-17H2,1H3,(H,28,33). The highest BCUT2D eigenvalue weighted by Gasteiger charge is 2.25. The van der Waals surface area contributed by atoms with Crippen LogP contribution in [0.15, 0.2) is 71.3 Å². The fourth-order valence-electron chi connectivity index (χ4n) is 3.97. The molecule has 1 saturated heterocycles. The van der Waals surface area contributed by atoms with Crippen LogP contribution < -0.4 is 20.9 Å². The van der Waals surface area contributed by atoms with Crippen molar-refractivity contribution in [1.82, 2.24) is 15.8 Å². The molecular formula is C26H29FN4O4. The Balaban J connectivity index is 1.16. The molecule has 184 valence electrons. The molecule has 2 atom stereocenters. The molecule has 8 nitrogen and oxygen atoms in total. The number of carbonyl (C=O) groups excluding carboxylic acids is 2. The highest BCUT2D eigenvalue weighted by Crippen LogP contribution is 2.24. The van der Waals surface area contributed by atoms with Crippen molar-refractivity contribution >= 4 is 17.5 Å². The summed E-state index contributed by atoms with van der Waals surface area (Å²) in [4.78, 5) is 26.2. The van der Waals surface area contributed by atoms with E-state index in [0.29, 0.717) is 18.0 Å². The molecule has 1 aliphatic heterocycles. The van der Waals surface area contributed by atoms with E-state index < -0.39 is 0 Å². The predicted molar refractivity (Wildman–Crippen MR) is 129 cm³/mol. The van der Waals surface area contributed by atoms with Crippen molar-refractivity contribution in [2.45, 2.75) is 31.3 Å². The second kappa shape index (κ2) is 11.6. The number of benzene rings is 2. The van der Waals surface area contributed by atoms with E-state index in [-0.39, 0.29) is 42.1 Å². The Hall–Kier alpha value is -3.69. The van der Waals surface area contributed by atoms with Gasteiger partial charge in [0.15, 0.2) is 12.4 Å². The number of hydrazine groups is 1. The lowest BCUT2D eigenvalue weighted by molar-refractivity contribution is -0.132. The Kier molecular flexibility index (Phi) is 8.12. The minimum Gasteiger partial charge on any atom is -0.484 e. The van der Waals surface area contributed by atoms with E-state index in [2.05, 4.69) is 16.2 Å². The van der Waals surface area contributed by atoms with Crippen molar-refractivity contribution in [3.63, 3.8) is 0 Å². The van der Waals surface area contributed by atoms with Crippen LogP contribution in [0.25, 0.3) is 0 Å². The van der Waals surface area contributed by atoms with Crippen LogP contribution >= 0.6 is 0 Å². The number of rotatable bonds is 10. The van der Waals surface area contributed by atoms with Crippen LogP contribution in [-0.4, -0.2) is 43.0 Å². The average Bonchev–Trinajstić information content (AvgIpc) is 3.55. The van der Waals surface area contributed by atoms with Gasteiger partial charge >= 0.3 is 0 Å². The fraction of sp³-hybridized carbons (Fsp3) is 0.308. The van der Waals surface area contributed by atoms with Gasteiger partial charge in [0, 0.05) is 37.4 Å². The Morgan fingerprint density at radius 2 is 2.00 bits per heavy atom. The number of hydrogen-bond acceptors (Lipinski definition) is 6. The Labute approximate surface area is 203 Å². The summed E-state index contributed by atoms with van der Waals surface area (Å²) < 4.78 is 24.2. The van der Waals surface area contributed by atoms with Gasteiger partial charge in [-0.05, 0) is 61.2 Å². The molecule has 0 aliphatic carbocycles. The first kappa shape index (κ1) is 24.4. The summed E-state index contributed by atoms with van der Waals surface area (Å²) in [6, 6.07) is 17.0. The number of amides is 2. The lowest BCUT2D eigenvalue weighted by Gasteiger charge is -2.18. The van der Waals surface area contributed by atoms with Gasteiger partial charge in [0.2, 0.25) is 0 Å². The SMILES string of the molecule is CN(CCCC1CC(c2cccc(F)c2)NN1)C(=O)COc1cccc(NC(=O)c2ccco2)c1. The first-order valence-corrected chi connectivity index (χ1v) is 11.6. The van der Waals surface area contributed by atoms with Crippen LogP contribution in [0.1, 0.15) is 41.4 Å². The van der Waals surface area contributed by atoms with Gasteiger partial charge in [-0.1, -0.05) is 18.2 Å². The molecule has 3 N–H and O–H groups in total. The van der Waals surface area contributed by atoms with E-state index in [1.807, 2.05) is 6.07 Å². The summed E-state index contributed by atoms with van der Waals surface area (Å²) >= 11 is 0. The molecule has 0 radical (unpaired) electrons. The largest absolute Gasteiger partial charge is 0.484 e. The average molecular weight is 481 g/mol. The third kappa shape index (κ3) is 6.91. The van der Waals surface area contributed by atoms with Crippen LogP contribution in [-0.2, 0) is 4.79 Å². The van der Waals surface area contributed by atoms with Gasteiger partial charge < -0.3 is 19.4 Å². The fourth-order valence-corrected chi connectivity index (χ4v) is 3.97. The molecule has 0 bridgehead atoms. The number of anilines is 1. The molecule has 2 amide bonds. The molecule has 1 fully saturated rings. The second-order valence-electron chi connectivity index (χ2n) is 8.53. The molecule has 1 aromatic heterocycles. The number of carbonyl (C=O) groups is 2. The summed E-state index contributed by atoms with van der Waals surface area (Å²) in [6.45, 7) is 0.501. The van der Waals surface area contributed by atoms with Crippen molar-refractivity contribution in [2.24, 2.45) is 0 Å². The topological polar surface area (TPSA) is 95.8 Å². The summed E-state index contributed by atoms with van der Waals surface area (Å²) in [5.41, 5.74) is 7.96. The van der Waals surface area contributed by atoms with Crippen molar-refractivity contribution in [1.29, 1.82) is 0 Å². The molecule has 2 heterocycles. The smallest absolute Gasteiger partial charge is 0.291 e. The van der Waals surface area contributed by atoms with E-state index in [1.165, 1.54) is 12.3 Å². The van der Waals surface area contributed by atoms with E-state index in [4.69, 9.17) is 9.15 Å². The molecule has 1 aliphatic rings. The Bertz CT molecular complexity index is 1140. The van der Waals surface area contributed by atoms with Crippen LogP contribution in [0.4, 0.5) is 10.1 Å². The lowest BCUT2D eigenvalue weighted by Crippen LogP contribution is -2.34. The zero-order valence-electron chi connectivity index (χ0n) is 19.5. The van der Waals surface area contributed by atoms with Gasteiger partial charge in [0.25, 0.3) is 11.8 Å². The summed E-state index contributed by atoms with van der Waals surface area (Å²) in [7, 11) is 1.75. The zero-order valence-corrected chi connectivity index (χ0v) is 19.5. The maximum atomic E-state index is 13.5. The third-order valence-electron chi connectivity index (χ3n) is 5.90. The van der Waals surface area contributed by atoms with Crippen molar-refractivity contribution < 1.29 is 23.1 Å². The summed E-state index contributed by atoms with van der Waals surface area (Å²) in [6.07, 6.45) is 4.00. The number of nitrogens with zero attached hydrogens (tertiary/aromatic N) is 1. The molecule has 0 spiro atoms. The molecule has 3 aromatic rings. The minimum atomic E-state index is -0.364. The van der Waals surface area contributed by atoms with E-state index in [1.54, 1.807) is 60.5 Å². The number of likely N-dealkylation sites (N-methyl/N-ethyl adjacent to an activating group) is 1. The summed E-state index contributed by atoms with van der Waals surface area (Å²) in [5.74, 6) is -0.0439. The Morgan fingerprint density at radius 1 is 1.14 bits per heavy atom. The molecule has 4 rings (SSSR count). The quantitative estimate of drug-likeness (QED) is 0.407. The van der Waals surface area contributed by atoms with Gasteiger partial charge in [0.1, 0.15) is 11.6 Å². The van der Waals surface area contributed by atoms with Gasteiger partial charge in [-0.25, -0.2) is 4.39 Å². The first-order valence-electron chi connectivity index (χ1n) is 11.6. The van der Waals surface area contributed by atoms with Crippen LogP contribution in [0.5, 0.6) is 5.75 Å². The number of furan rings is 1. The van der Waals surface area contributed by atoms with Gasteiger partial charge in [0.05, 0.1) is 6.26 Å². The van der Waals surface area contributed by atoms with Crippen molar-refractivity contribution in [3.8, 4) is 5.75 Å². The monoisotopic (exact) mass is 480 g/mol. The molecular weight excluding hydrogens is 451 g/mol. The first-order chi connectivity index (χ1) is 17.0. The predicted octanol–water partition coefficient (Wildman–Crippen LogP) is 3.90. The normalized spacial score (nSPS) is 17.2. The van der Waals surface area contributed by atoms with Crippen molar-refractivity contribution in [2.75, 3.05) is 25.5 Å². The molecule has 35 heavy (non-hydrogen) atoms. The summed E-state index contributed by atoms with van der Waals surface area (Å²) in [5, 5.41) is 2.73. The van der Waals surface area contributed by atoms with Crippen LogP contribution in [0, 0.1) is 5.82 Å². The molecule has 9 heteroatoms. The van der Waals surface area contributed by atoms with E-state index in [9.17, 15) is 14.0 Å². The molecule has 2 unspecified atom stereocenters. The van der Waals surface area contributed by atoms with Crippen LogP contribution in [0.3, 0.4) is 0 Å². The molecule has 0 saturated carbocycles. The third-order valence-corrected chi connectivity index (χ3v) is 5.90. The number of ether oxygens (including phenoxy) is 1. The highest BCUT2D eigenvalue weighted by molar-refractivity contribution is 6.02. The number of hydrogen-bond donors (Lipinski definition) is 3. The number of nitrogens with one attached hydrogen (secondary N) is 3. The maximum Gasteiger partial charge on any atom is 0.291 e.